The average molecular weight is 378 g/mol. The summed E-state index contributed by atoms with van der Waals surface area (Å²) >= 11 is 0. The third kappa shape index (κ3) is 5.60. The molecule has 2 amide bonds. The maximum Gasteiger partial charge on any atom is 0.303 e. The quantitative estimate of drug-likeness (QED) is 0.640. The average Bonchev–Trinajstić information content (AvgIpc) is 3.19. The van der Waals surface area contributed by atoms with Gasteiger partial charge in [0.25, 0.3) is 5.91 Å². The number of aliphatic carboxylic acids is 1. The van der Waals surface area contributed by atoms with E-state index in [0.717, 1.165) is 12.8 Å². The minimum absolute atomic E-state index is 0.0301. The van der Waals surface area contributed by atoms with Gasteiger partial charge in [0.05, 0.1) is 25.5 Å². The summed E-state index contributed by atoms with van der Waals surface area (Å²) in [6, 6.07) is 3.16. The van der Waals surface area contributed by atoms with Gasteiger partial charge in [0.1, 0.15) is 0 Å². The molecule has 1 aliphatic rings. The van der Waals surface area contributed by atoms with Crippen LogP contribution in [0, 0.1) is 0 Å². The van der Waals surface area contributed by atoms with E-state index in [-0.39, 0.29) is 24.7 Å². The molecule has 0 bridgehead atoms. The van der Waals surface area contributed by atoms with Crippen molar-refractivity contribution in [2.75, 3.05) is 32.6 Å². The lowest BCUT2D eigenvalue weighted by atomic mass is 10.1. The number of nitrogens with zero attached hydrogens (tertiary/aromatic N) is 1. The summed E-state index contributed by atoms with van der Waals surface area (Å²) < 4.78 is 10.6. The van der Waals surface area contributed by atoms with Crippen molar-refractivity contribution in [3.63, 3.8) is 0 Å². The van der Waals surface area contributed by atoms with Crippen molar-refractivity contribution < 1.29 is 29.0 Å². The minimum Gasteiger partial charge on any atom is -0.493 e. The number of amides is 2. The summed E-state index contributed by atoms with van der Waals surface area (Å²) in [5, 5.41) is 11.4. The highest BCUT2D eigenvalue weighted by Gasteiger charge is 2.24. The summed E-state index contributed by atoms with van der Waals surface area (Å²) in [6.07, 6.45) is 3.02. The third-order valence-electron chi connectivity index (χ3n) is 4.47. The minimum atomic E-state index is -0.881. The number of methoxy groups -OCH3 is 2. The fourth-order valence-corrected chi connectivity index (χ4v) is 3.02. The predicted octanol–water partition coefficient (Wildman–Crippen LogP) is 2.52. The van der Waals surface area contributed by atoms with Crippen molar-refractivity contribution in [3.8, 4) is 11.5 Å². The number of anilines is 1. The van der Waals surface area contributed by atoms with Crippen LogP contribution in [0.5, 0.6) is 11.5 Å². The molecule has 148 valence electrons. The zero-order chi connectivity index (χ0) is 19.8. The highest BCUT2D eigenvalue weighted by molar-refractivity contribution is 6.04. The molecule has 2 N–H and O–H groups in total. The highest BCUT2D eigenvalue weighted by atomic mass is 16.5. The van der Waals surface area contributed by atoms with E-state index in [2.05, 4.69) is 5.32 Å². The van der Waals surface area contributed by atoms with Crippen LogP contribution in [0.3, 0.4) is 0 Å². The molecule has 0 saturated carbocycles. The van der Waals surface area contributed by atoms with Gasteiger partial charge in [-0.05, 0) is 31.7 Å². The smallest absolute Gasteiger partial charge is 0.303 e. The summed E-state index contributed by atoms with van der Waals surface area (Å²) in [5.41, 5.74) is 0.723. The number of nitrogens with one attached hydrogen (secondary N) is 1. The molecule has 1 fully saturated rings. The van der Waals surface area contributed by atoms with E-state index < -0.39 is 5.97 Å². The number of benzene rings is 1. The molecule has 8 nitrogen and oxygen atoms in total. The van der Waals surface area contributed by atoms with Gasteiger partial charge in [-0.2, -0.15) is 0 Å². The van der Waals surface area contributed by atoms with Crippen molar-refractivity contribution in [2.45, 2.75) is 38.5 Å². The van der Waals surface area contributed by atoms with Crippen molar-refractivity contribution in [3.05, 3.63) is 17.7 Å². The summed E-state index contributed by atoms with van der Waals surface area (Å²) in [7, 11) is 2.97. The summed E-state index contributed by atoms with van der Waals surface area (Å²) in [4.78, 5) is 37.4. The van der Waals surface area contributed by atoms with E-state index in [0.29, 0.717) is 48.7 Å². The molecule has 1 aromatic carbocycles. The van der Waals surface area contributed by atoms with E-state index in [1.54, 1.807) is 17.0 Å². The third-order valence-corrected chi connectivity index (χ3v) is 4.47. The van der Waals surface area contributed by atoms with Crippen LogP contribution in [-0.2, 0) is 9.59 Å². The Hall–Kier alpha value is -2.77. The van der Waals surface area contributed by atoms with Gasteiger partial charge in [-0.3, -0.25) is 14.4 Å². The first-order valence-electron chi connectivity index (χ1n) is 9.03. The number of carboxylic acid groups (broad SMARTS) is 1. The molecule has 8 heteroatoms. The lowest BCUT2D eigenvalue weighted by molar-refractivity contribution is -0.137. The number of hydrogen-bond donors (Lipinski definition) is 2. The normalized spacial score (nSPS) is 13.3. The molecule has 1 heterocycles. The number of carbonyl (C=O) groups is 3. The molecule has 0 aliphatic carbocycles. The fourth-order valence-electron chi connectivity index (χ4n) is 3.02. The zero-order valence-corrected chi connectivity index (χ0v) is 15.7. The van der Waals surface area contributed by atoms with Crippen molar-refractivity contribution in [2.24, 2.45) is 0 Å². The summed E-state index contributed by atoms with van der Waals surface area (Å²) in [5.74, 6) is -0.484. The van der Waals surface area contributed by atoms with Gasteiger partial charge in [0.15, 0.2) is 11.5 Å². The second kappa shape index (κ2) is 9.80. The molecule has 2 rings (SSSR count). The van der Waals surface area contributed by atoms with Gasteiger partial charge < -0.3 is 24.8 Å². The van der Waals surface area contributed by atoms with Crippen LogP contribution >= 0.6 is 0 Å². The SMILES string of the molecule is COc1cc(NC(=O)CCCCC(=O)O)c(C(=O)N2CCCC2)cc1OC. The van der Waals surface area contributed by atoms with Crippen LogP contribution in [0.15, 0.2) is 12.1 Å². The number of rotatable bonds is 9. The number of ether oxygens (including phenoxy) is 2. The van der Waals surface area contributed by atoms with Crippen molar-refractivity contribution in [1.29, 1.82) is 0 Å². The van der Waals surface area contributed by atoms with Gasteiger partial charge in [-0.25, -0.2) is 0 Å². The Morgan fingerprint density at radius 1 is 1.04 bits per heavy atom. The van der Waals surface area contributed by atoms with E-state index >= 15 is 0 Å². The van der Waals surface area contributed by atoms with Crippen LogP contribution in [-0.4, -0.2) is 55.1 Å². The van der Waals surface area contributed by atoms with E-state index in [1.165, 1.54) is 14.2 Å². The van der Waals surface area contributed by atoms with Crippen LogP contribution in [0.2, 0.25) is 0 Å². The molecule has 0 radical (unpaired) electrons. The van der Waals surface area contributed by atoms with Gasteiger partial charge in [0.2, 0.25) is 5.91 Å². The molecule has 0 atom stereocenters. The van der Waals surface area contributed by atoms with Gasteiger partial charge in [0, 0.05) is 32.0 Å². The van der Waals surface area contributed by atoms with E-state index in [4.69, 9.17) is 14.6 Å². The maximum absolute atomic E-state index is 12.9. The Balaban J connectivity index is 2.17. The predicted molar refractivity (Wildman–Crippen MR) is 99.4 cm³/mol. The van der Waals surface area contributed by atoms with Crippen LogP contribution in [0.25, 0.3) is 0 Å². The van der Waals surface area contributed by atoms with E-state index in [1.807, 2.05) is 0 Å². The first-order chi connectivity index (χ1) is 13.0. The van der Waals surface area contributed by atoms with Crippen LogP contribution < -0.4 is 14.8 Å². The van der Waals surface area contributed by atoms with Gasteiger partial charge in [-0.15, -0.1) is 0 Å². The monoisotopic (exact) mass is 378 g/mol. The van der Waals surface area contributed by atoms with Gasteiger partial charge in [-0.1, -0.05) is 0 Å². The number of carboxylic acids is 1. The molecule has 1 saturated heterocycles. The molecule has 27 heavy (non-hydrogen) atoms. The lowest BCUT2D eigenvalue weighted by Gasteiger charge is -2.20. The molecule has 0 aromatic heterocycles. The van der Waals surface area contributed by atoms with Crippen LogP contribution in [0.4, 0.5) is 5.69 Å². The molecule has 1 aromatic rings. The lowest BCUT2D eigenvalue weighted by Crippen LogP contribution is -2.29. The largest absolute Gasteiger partial charge is 0.493 e. The molecular weight excluding hydrogens is 352 g/mol. The van der Waals surface area contributed by atoms with Crippen molar-refractivity contribution >= 4 is 23.5 Å². The first kappa shape index (κ1) is 20.5. The number of carbonyl (C=O) groups excluding carboxylic acids is 2. The Labute approximate surface area is 158 Å². The molecule has 0 unspecified atom stereocenters. The summed E-state index contributed by atoms with van der Waals surface area (Å²) in [6.45, 7) is 1.38. The Morgan fingerprint density at radius 3 is 2.22 bits per heavy atom. The Kier molecular flexibility index (Phi) is 7.45. The van der Waals surface area contributed by atoms with Gasteiger partial charge >= 0.3 is 5.97 Å². The number of unbranched alkanes of at least 4 members (excludes halogenated alkanes) is 1. The Morgan fingerprint density at radius 2 is 1.63 bits per heavy atom. The number of likely N-dealkylation sites (tertiary alicyclic amines) is 1. The topological polar surface area (TPSA) is 105 Å². The second-order valence-electron chi connectivity index (χ2n) is 6.40. The number of hydrogen-bond acceptors (Lipinski definition) is 5. The van der Waals surface area contributed by atoms with Crippen LogP contribution in [0.1, 0.15) is 48.9 Å². The first-order valence-corrected chi connectivity index (χ1v) is 9.03. The second-order valence-corrected chi connectivity index (χ2v) is 6.40. The highest BCUT2D eigenvalue weighted by Crippen LogP contribution is 2.34. The maximum atomic E-state index is 12.9. The fraction of sp³-hybridized carbons (Fsp3) is 0.526. The molecule has 0 spiro atoms. The van der Waals surface area contributed by atoms with Crippen molar-refractivity contribution in [1.82, 2.24) is 4.90 Å². The van der Waals surface area contributed by atoms with E-state index in [9.17, 15) is 14.4 Å². The molecular formula is C19H26N2O6. The molecule has 1 aliphatic heterocycles. The Bertz CT molecular complexity index is 698. The standard InChI is InChI=1S/C19H26N2O6/c1-26-15-11-13(19(25)21-9-5-6-10-21)14(12-16(15)27-2)20-17(22)7-3-4-8-18(23)24/h11-12H,3-10H2,1-2H3,(H,20,22)(H,23,24). The zero-order valence-electron chi connectivity index (χ0n) is 15.7.